The molecular formula is C14H16Cl2N4. The van der Waals surface area contributed by atoms with E-state index in [0.717, 1.165) is 12.1 Å². The van der Waals surface area contributed by atoms with Crippen LogP contribution in [0.3, 0.4) is 0 Å². The minimum Gasteiger partial charge on any atom is -0.212 e. The monoisotopic (exact) mass is 310 g/mol. The quantitative estimate of drug-likeness (QED) is 0.812. The van der Waals surface area contributed by atoms with Gasteiger partial charge in [-0.25, -0.2) is 4.99 Å². The average molecular weight is 311 g/mol. The van der Waals surface area contributed by atoms with E-state index < -0.39 is 0 Å². The van der Waals surface area contributed by atoms with E-state index in [1.165, 1.54) is 0 Å². The molecule has 1 aliphatic rings. The number of aliphatic imine (C=N–C) groups is 1. The van der Waals surface area contributed by atoms with Gasteiger partial charge < -0.3 is 0 Å². The summed E-state index contributed by atoms with van der Waals surface area (Å²) in [7, 11) is 0. The Labute approximate surface area is 128 Å². The number of halogens is 2. The van der Waals surface area contributed by atoms with Crippen molar-refractivity contribution in [2.24, 2.45) is 16.3 Å². The van der Waals surface area contributed by atoms with Crippen molar-refractivity contribution in [2.75, 3.05) is 0 Å². The Hall–Kier alpha value is -1.26. The van der Waals surface area contributed by atoms with E-state index in [1.54, 1.807) is 0 Å². The average Bonchev–Trinajstić information content (AvgIpc) is 2.51. The lowest BCUT2D eigenvalue weighted by atomic mass is 9.76. The fourth-order valence-electron chi connectivity index (χ4n) is 1.82. The summed E-state index contributed by atoms with van der Waals surface area (Å²) in [6.45, 7) is 6.66. The van der Waals surface area contributed by atoms with Crippen molar-refractivity contribution in [3.8, 4) is 0 Å². The molecule has 1 aliphatic carbocycles. The summed E-state index contributed by atoms with van der Waals surface area (Å²) in [5.41, 5.74) is 0.898. The molecule has 0 N–H and O–H groups in total. The number of rotatable bonds is 2. The fourth-order valence-corrected chi connectivity index (χ4v) is 2.17. The molecule has 1 aromatic heterocycles. The zero-order chi connectivity index (χ0) is 14.8. The molecule has 0 aliphatic heterocycles. The molecular weight excluding hydrogens is 295 g/mol. The van der Waals surface area contributed by atoms with E-state index >= 15 is 0 Å². The molecule has 0 aromatic carbocycles. The van der Waals surface area contributed by atoms with Crippen LogP contribution in [0.2, 0.25) is 10.6 Å². The summed E-state index contributed by atoms with van der Waals surface area (Å²) >= 11 is 11.5. The summed E-state index contributed by atoms with van der Waals surface area (Å²) in [4.78, 5) is 15.9. The standard InChI is InChI=1S/C14H16Cl2N4/c1-9(2)14(3)7-4-5-10(6-8-14)17-13-19-11(15)18-12(16)20-13/h4-6,8-9H,7H2,1-3H3. The van der Waals surface area contributed by atoms with Gasteiger partial charge in [0.05, 0.1) is 5.71 Å². The highest BCUT2D eigenvalue weighted by molar-refractivity contribution is 6.31. The second kappa shape index (κ2) is 6.02. The normalized spacial score (nSPS) is 24.4. The van der Waals surface area contributed by atoms with Gasteiger partial charge in [0, 0.05) is 0 Å². The van der Waals surface area contributed by atoms with Crippen molar-refractivity contribution in [3.63, 3.8) is 0 Å². The first-order valence-electron chi connectivity index (χ1n) is 6.40. The molecule has 0 bridgehead atoms. The molecule has 0 fully saturated rings. The number of hydrogen-bond donors (Lipinski definition) is 0. The predicted molar refractivity (Wildman–Crippen MR) is 82.8 cm³/mol. The lowest BCUT2D eigenvalue weighted by Gasteiger charge is -2.28. The van der Waals surface area contributed by atoms with Gasteiger partial charge in [0.1, 0.15) is 0 Å². The number of allylic oxidation sites excluding steroid dienone is 4. The van der Waals surface area contributed by atoms with E-state index in [1.807, 2.05) is 12.2 Å². The van der Waals surface area contributed by atoms with Gasteiger partial charge in [0.25, 0.3) is 5.95 Å². The SMILES string of the molecule is CC(C)C1(C)C=CC(=Nc2nc(Cl)nc(Cl)n2)C=CC1. The second-order valence-corrected chi connectivity index (χ2v) is 5.99. The van der Waals surface area contributed by atoms with E-state index in [-0.39, 0.29) is 21.9 Å². The molecule has 2 rings (SSSR count). The molecule has 1 heterocycles. The van der Waals surface area contributed by atoms with Crippen LogP contribution in [-0.2, 0) is 0 Å². The Kier molecular flexibility index (Phi) is 4.55. The molecule has 20 heavy (non-hydrogen) atoms. The number of aromatic nitrogens is 3. The summed E-state index contributed by atoms with van der Waals surface area (Å²) in [6.07, 6.45) is 9.20. The maximum absolute atomic E-state index is 5.73. The Morgan fingerprint density at radius 2 is 1.80 bits per heavy atom. The first kappa shape index (κ1) is 15.1. The van der Waals surface area contributed by atoms with Gasteiger partial charge in [-0.1, -0.05) is 32.9 Å². The van der Waals surface area contributed by atoms with Crippen LogP contribution in [0, 0.1) is 11.3 Å². The van der Waals surface area contributed by atoms with E-state index in [4.69, 9.17) is 23.2 Å². The van der Waals surface area contributed by atoms with E-state index in [2.05, 4.69) is 52.9 Å². The van der Waals surface area contributed by atoms with Crippen LogP contribution in [-0.4, -0.2) is 20.7 Å². The molecule has 6 heteroatoms. The molecule has 106 valence electrons. The number of hydrogen-bond acceptors (Lipinski definition) is 4. The highest BCUT2D eigenvalue weighted by atomic mass is 35.5. The minimum absolute atomic E-state index is 0.0398. The Morgan fingerprint density at radius 1 is 1.15 bits per heavy atom. The lowest BCUT2D eigenvalue weighted by Crippen LogP contribution is -2.19. The highest BCUT2D eigenvalue weighted by Crippen LogP contribution is 2.34. The molecule has 1 unspecified atom stereocenters. The van der Waals surface area contributed by atoms with Crippen LogP contribution >= 0.6 is 23.2 Å². The maximum Gasteiger partial charge on any atom is 0.255 e. The zero-order valence-electron chi connectivity index (χ0n) is 11.6. The van der Waals surface area contributed by atoms with Gasteiger partial charge in [-0.05, 0) is 53.1 Å². The largest absolute Gasteiger partial charge is 0.255 e. The first-order valence-corrected chi connectivity index (χ1v) is 7.16. The fraction of sp³-hybridized carbons (Fsp3) is 0.429. The van der Waals surface area contributed by atoms with Gasteiger partial charge in [-0.2, -0.15) is 15.0 Å². The topological polar surface area (TPSA) is 51.0 Å². The molecule has 0 saturated carbocycles. The van der Waals surface area contributed by atoms with Gasteiger partial charge in [0.15, 0.2) is 0 Å². The van der Waals surface area contributed by atoms with Gasteiger partial charge >= 0.3 is 0 Å². The van der Waals surface area contributed by atoms with Crippen LogP contribution in [0.1, 0.15) is 27.2 Å². The molecule has 0 saturated heterocycles. The van der Waals surface area contributed by atoms with Gasteiger partial charge in [-0.15, -0.1) is 0 Å². The van der Waals surface area contributed by atoms with E-state index in [9.17, 15) is 0 Å². The van der Waals surface area contributed by atoms with Crippen LogP contribution in [0.4, 0.5) is 5.95 Å². The maximum atomic E-state index is 5.73. The van der Waals surface area contributed by atoms with Crippen molar-refractivity contribution in [2.45, 2.75) is 27.2 Å². The lowest BCUT2D eigenvalue weighted by molar-refractivity contribution is 0.302. The van der Waals surface area contributed by atoms with Crippen LogP contribution in [0.15, 0.2) is 29.3 Å². The zero-order valence-corrected chi connectivity index (χ0v) is 13.2. The molecule has 0 spiro atoms. The van der Waals surface area contributed by atoms with Crippen molar-refractivity contribution < 1.29 is 0 Å². The third kappa shape index (κ3) is 3.64. The van der Waals surface area contributed by atoms with Crippen LogP contribution in [0.25, 0.3) is 0 Å². The van der Waals surface area contributed by atoms with Crippen molar-refractivity contribution >= 4 is 34.9 Å². The molecule has 4 nitrogen and oxygen atoms in total. The first-order chi connectivity index (χ1) is 9.39. The Morgan fingerprint density at radius 3 is 2.40 bits per heavy atom. The highest BCUT2D eigenvalue weighted by Gasteiger charge is 2.24. The molecule has 1 atom stereocenters. The minimum atomic E-state index is 0.0398. The van der Waals surface area contributed by atoms with Crippen molar-refractivity contribution in [3.05, 3.63) is 34.9 Å². The Bertz CT molecular complexity index is 573. The third-order valence-corrected chi connectivity index (χ3v) is 3.94. The smallest absolute Gasteiger partial charge is 0.212 e. The third-order valence-electron chi connectivity index (χ3n) is 3.60. The van der Waals surface area contributed by atoms with Crippen LogP contribution in [0.5, 0.6) is 0 Å². The van der Waals surface area contributed by atoms with Crippen molar-refractivity contribution in [1.29, 1.82) is 0 Å². The summed E-state index contributed by atoms with van der Waals surface area (Å²) in [5, 5.41) is 0.0795. The molecule has 1 aromatic rings. The summed E-state index contributed by atoms with van der Waals surface area (Å²) in [5.74, 6) is 0.760. The molecule has 0 radical (unpaired) electrons. The van der Waals surface area contributed by atoms with E-state index in [0.29, 0.717) is 5.92 Å². The molecule has 0 amide bonds. The Balaban J connectivity index is 2.32. The second-order valence-electron chi connectivity index (χ2n) is 5.31. The van der Waals surface area contributed by atoms with Gasteiger partial charge in [0.2, 0.25) is 10.6 Å². The predicted octanol–water partition coefficient (Wildman–Crippen LogP) is 4.43. The summed E-state index contributed by atoms with van der Waals surface area (Å²) < 4.78 is 0. The van der Waals surface area contributed by atoms with Crippen LogP contribution < -0.4 is 0 Å². The number of nitrogens with zero attached hydrogens (tertiary/aromatic N) is 4. The summed E-state index contributed by atoms with van der Waals surface area (Å²) in [6, 6.07) is 0. The van der Waals surface area contributed by atoms with Gasteiger partial charge in [-0.3, -0.25) is 0 Å². The van der Waals surface area contributed by atoms with Crippen molar-refractivity contribution in [1.82, 2.24) is 15.0 Å².